The van der Waals surface area contributed by atoms with Gasteiger partial charge in [0.2, 0.25) is 0 Å². The Bertz CT molecular complexity index is 300. The Morgan fingerprint density at radius 1 is 1.38 bits per heavy atom. The number of hydrogen-bond acceptors (Lipinski definition) is 1. The summed E-state index contributed by atoms with van der Waals surface area (Å²) in [5.74, 6) is 0. The molecule has 0 fully saturated rings. The fourth-order valence-corrected chi connectivity index (χ4v) is 0.887. The summed E-state index contributed by atoms with van der Waals surface area (Å²) in [4.78, 5) is 0. The zero-order valence-electron chi connectivity index (χ0n) is 6.44. The van der Waals surface area contributed by atoms with Gasteiger partial charge in [-0.05, 0) is 0 Å². The van der Waals surface area contributed by atoms with Gasteiger partial charge in [0.1, 0.15) is 0 Å². The van der Waals surface area contributed by atoms with Gasteiger partial charge in [0.25, 0.3) is 6.43 Å². The molecule has 0 N–H and O–H groups in total. The predicted molar refractivity (Wildman–Crippen MR) is 33.2 cm³/mol. The molecule has 0 saturated heterocycles. The van der Waals surface area contributed by atoms with E-state index in [4.69, 9.17) is 0 Å². The van der Waals surface area contributed by atoms with Gasteiger partial charge < -0.3 is 0 Å². The Kier molecular flexibility index (Phi) is 2.27. The van der Waals surface area contributed by atoms with E-state index in [2.05, 4.69) is 5.10 Å². The Hall–Kier alpha value is -1.14. The van der Waals surface area contributed by atoms with Crippen molar-refractivity contribution in [3.63, 3.8) is 0 Å². The molecular formula is C6H5F5N2. The Morgan fingerprint density at radius 2 is 1.92 bits per heavy atom. The van der Waals surface area contributed by atoms with Gasteiger partial charge in [0.15, 0.2) is 5.69 Å². The molecule has 1 aromatic rings. The largest absolute Gasteiger partial charge is 0.435 e. The summed E-state index contributed by atoms with van der Waals surface area (Å²) in [6, 6.07) is 0. The van der Waals surface area contributed by atoms with Gasteiger partial charge in [-0.1, -0.05) is 0 Å². The van der Waals surface area contributed by atoms with E-state index in [9.17, 15) is 22.0 Å². The molecule has 13 heavy (non-hydrogen) atoms. The van der Waals surface area contributed by atoms with Gasteiger partial charge in [-0.3, -0.25) is 4.68 Å². The predicted octanol–water partition coefficient (Wildman–Crippen LogP) is 2.38. The third kappa shape index (κ3) is 1.96. The molecule has 0 aliphatic heterocycles. The summed E-state index contributed by atoms with van der Waals surface area (Å²) < 4.78 is 60.8. The maximum Gasteiger partial charge on any atom is 0.435 e. The maximum absolute atomic E-state index is 12.0. The van der Waals surface area contributed by atoms with Gasteiger partial charge in [-0.25, -0.2) is 8.78 Å². The molecule has 1 heterocycles. The van der Waals surface area contributed by atoms with Crippen molar-refractivity contribution in [2.45, 2.75) is 12.6 Å². The molecule has 0 aromatic carbocycles. The minimum Gasteiger partial charge on any atom is -0.275 e. The maximum atomic E-state index is 12.0. The number of halogens is 5. The monoisotopic (exact) mass is 200 g/mol. The average Bonchev–Trinajstić information content (AvgIpc) is 2.29. The van der Waals surface area contributed by atoms with Crippen molar-refractivity contribution in [1.82, 2.24) is 9.78 Å². The van der Waals surface area contributed by atoms with Crippen LogP contribution in [0.5, 0.6) is 0 Å². The molecule has 1 rings (SSSR count). The van der Waals surface area contributed by atoms with Gasteiger partial charge >= 0.3 is 6.18 Å². The van der Waals surface area contributed by atoms with Crippen LogP contribution in [0.3, 0.4) is 0 Å². The van der Waals surface area contributed by atoms with Crippen LogP contribution in [0.4, 0.5) is 22.0 Å². The third-order valence-corrected chi connectivity index (χ3v) is 1.36. The molecule has 7 heteroatoms. The van der Waals surface area contributed by atoms with E-state index in [1.54, 1.807) is 0 Å². The molecule has 0 saturated carbocycles. The summed E-state index contributed by atoms with van der Waals surface area (Å²) in [7, 11) is 1.15. The highest BCUT2D eigenvalue weighted by molar-refractivity contribution is 5.20. The molecule has 0 radical (unpaired) electrons. The first kappa shape index (κ1) is 9.94. The molecule has 74 valence electrons. The van der Waals surface area contributed by atoms with Crippen LogP contribution < -0.4 is 0 Å². The van der Waals surface area contributed by atoms with E-state index in [1.165, 1.54) is 0 Å². The van der Waals surface area contributed by atoms with Crippen molar-refractivity contribution in [3.8, 4) is 0 Å². The third-order valence-electron chi connectivity index (χ3n) is 1.36. The lowest BCUT2D eigenvalue weighted by Crippen LogP contribution is -2.09. The summed E-state index contributed by atoms with van der Waals surface area (Å²) in [6.45, 7) is 0. The van der Waals surface area contributed by atoms with Crippen molar-refractivity contribution in [2.75, 3.05) is 0 Å². The van der Waals surface area contributed by atoms with Gasteiger partial charge in [0, 0.05) is 13.2 Å². The van der Waals surface area contributed by atoms with Gasteiger partial charge in [-0.15, -0.1) is 0 Å². The molecule has 0 unspecified atom stereocenters. The van der Waals surface area contributed by atoms with E-state index in [0.717, 1.165) is 7.05 Å². The van der Waals surface area contributed by atoms with Crippen LogP contribution in [0.25, 0.3) is 0 Å². The normalized spacial score (nSPS) is 12.5. The van der Waals surface area contributed by atoms with Crippen LogP contribution in [0, 0.1) is 0 Å². The first-order valence-electron chi connectivity index (χ1n) is 3.21. The molecule has 0 bridgehead atoms. The Morgan fingerprint density at radius 3 is 2.23 bits per heavy atom. The highest BCUT2D eigenvalue weighted by Gasteiger charge is 2.39. The van der Waals surface area contributed by atoms with Crippen molar-refractivity contribution in [1.29, 1.82) is 0 Å². The summed E-state index contributed by atoms with van der Waals surface area (Å²) in [5, 5.41) is 2.91. The molecule has 0 spiro atoms. The lowest BCUT2D eigenvalue weighted by Gasteiger charge is -2.04. The molecule has 0 amide bonds. The van der Waals surface area contributed by atoms with Crippen molar-refractivity contribution in [2.24, 2.45) is 7.05 Å². The summed E-state index contributed by atoms with van der Waals surface area (Å²) >= 11 is 0. The van der Waals surface area contributed by atoms with E-state index < -0.39 is 23.9 Å². The quantitative estimate of drug-likeness (QED) is 0.636. The number of aryl methyl sites for hydroxylation is 1. The van der Waals surface area contributed by atoms with Gasteiger partial charge in [-0.2, -0.15) is 18.3 Å². The molecule has 0 atom stereocenters. The topological polar surface area (TPSA) is 17.8 Å². The lowest BCUT2D eigenvalue weighted by atomic mass is 10.2. The van der Waals surface area contributed by atoms with Crippen LogP contribution in [0.2, 0.25) is 0 Å². The number of rotatable bonds is 1. The molecule has 0 aliphatic rings. The number of nitrogens with zero attached hydrogens (tertiary/aromatic N) is 2. The van der Waals surface area contributed by atoms with E-state index in [0.29, 0.717) is 10.9 Å². The van der Waals surface area contributed by atoms with Crippen LogP contribution in [-0.4, -0.2) is 9.78 Å². The zero-order chi connectivity index (χ0) is 10.2. The second kappa shape index (κ2) is 2.97. The minimum absolute atomic E-state index is 0.660. The van der Waals surface area contributed by atoms with E-state index in [-0.39, 0.29) is 0 Å². The van der Waals surface area contributed by atoms with Crippen LogP contribution >= 0.6 is 0 Å². The standard InChI is InChI=1S/C6H5F5N2/c1-13-2-3(5(7)8)4(12-13)6(9,10)11/h2,5H,1H3. The summed E-state index contributed by atoms with van der Waals surface area (Å²) in [5.41, 5.74) is -2.61. The molecule has 1 aromatic heterocycles. The molecular weight excluding hydrogens is 195 g/mol. The number of aromatic nitrogens is 2. The highest BCUT2D eigenvalue weighted by atomic mass is 19.4. The fraction of sp³-hybridized carbons (Fsp3) is 0.500. The van der Waals surface area contributed by atoms with Crippen molar-refractivity contribution < 1.29 is 22.0 Å². The lowest BCUT2D eigenvalue weighted by molar-refractivity contribution is -0.143. The Labute approximate surface area is 70.0 Å². The number of alkyl halides is 5. The Balaban J connectivity index is 3.20. The zero-order valence-corrected chi connectivity index (χ0v) is 6.44. The van der Waals surface area contributed by atoms with E-state index in [1.807, 2.05) is 0 Å². The smallest absolute Gasteiger partial charge is 0.275 e. The van der Waals surface area contributed by atoms with Crippen LogP contribution in [-0.2, 0) is 13.2 Å². The van der Waals surface area contributed by atoms with Crippen molar-refractivity contribution in [3.05, 3.63) is 17.5 Å². The minimum atomic E-state index is -4.83. The van der Waals surface area contributed by atoms with Crippen molar-refractivity contribution >= 4 is 0 Å². The highest BCUT2D eigenvalue weighted by Crippen LogP contribution is 2.34. The fourth-order valence-electron chi connectivity index (χ4n) is 0.887. The second-order valence-electron chi connectivity index (χ2n) is 2.41. The SMILES string of the molecule is Cn1cc(C(F)F)c(C(F)(F)F)n1. The van der Waals surface area contributed by atoms with Gasteiger partial charge in [0.05, 0.1) is 5.56 Å². The number of hydrogen-bond donors (Lipinski definition) is 0. The first-order valence-corrected chi connectivity index (χ1v) is 3.21. The average molecular weight is 200 g/mol. The molecule has 0 aliphatic carbocycles. The van der Waals surface area contributed by atoms with Crippen LogP contribution in [0.15, 0.2) is 6.20 Å². The van der Waals surface area contributed by atoms with E-state index >= 15 is 0 Å². The first-order chi connectivity index (χ1) is 5.82. The molecule has 2 nitrogen and oxygen atoms in total. The second-order valence-corrected chi connectivity index (χ2v) is 2.41. The van der Waals surface area contributed by atoms with Crippen LogP contribution in [0.1, 0.15) is 17.7 Å². The summed E-state index contributed by atoms with van der Waals surface area (Å²) in [6.07, 6.45) is -7.33.